The van der Waals surface area contributed by atoms with Crippen molar-refractivity contribution in [3.8, 4) is 44.9 Å². The van der Waals surface area contributed by atoms with Gasteiger partial charge < -0.3 is 0 Å². The average Bonchev–Trinajstić information content (AvgIpc) is 3.26. The van der Waals surface area contributed by atoms with E-state index in [1.54, 1.807) is 0 Å². The van der Waals surface area contributed by atoms with E-state index in [0.717, 1.165) is 48.7 Å². The third-order valence-electron chi connectivity index (χ3n) is 5.93. The number of benzene rings is 3. The van der Waals surface area contributed by atoms with Crippen molar-refractivity contribution in [2.24, 2.45) is 0 Å². The van der Waals surface area contributed by atoms with Gasteiger partial charge in [-0.25, -0.2) is 9.97 Å². The van der Waals surface area contributed by atoms with Crippen molar-refractivity contribution in [1.82, 2.24) is 14.4 Å². The van der Waals surface area contributed by atoms with Gasteiger partial charge >= 0.3 is 0 Å². The summed E-state index contributed by atoms with van der Waals surface area (Å²) >= 11 is 2.37. The molecule has 6 aromatic rings. The third-order valence-corrected chi connectivity index (χ3v) is 6.96. The minimum atomic E-state index is 0.954. The minimum absolute atomic E-state index is 0.954. The van der Waals surface area contributed by atoms with Gasteiger partial charge in [0, 0.05) is 22.9 Å². The molecule has 34 heavy (non-hydrogen) atoms. The van der Waals surface area contributed by atoms with E-state index >= 15 is 0 Å². The van der Waals surface area contributed by atoms with Crippen molar-refractivity contribution in [1.29, 1.82) is 0 Å². The number of hydrogen-bond donors (Lipinski definition) is 0. The molecule has 3 heterocycles. The smallest absolute Gasteiger partial charge is 0.138 e. The quantitative estimate of drug-likeness (QED) is 0.209. The number of rotatable bonds is 4. The molecule has 0 N–H and O–H groups in total. The van der Waals surface area contributed by atoms with Gasteiger partial charge in [-0.15, -0.1) is 0 Å². The third kappa shape index (κ3) is 3.90. The van der Waals surface area contributed by atoms with Crippen LogP contribution in [0.1, 0.15) is 0 Å². The molecule has 0 spiro atoms. The van der Waals surface area contributed by atoms with Crippen molar-refractivity contribution in [3.63, 3.8) is 0 Å². The van der Waals surface area contributed by atoms with E-state index in [9.17, 15) is 0 Å². The summed E-state index contributed by atoms with van der Waals surface area (Å²) in [5.74, 6) is 0. The van der Waals surface area contributed by atoms with Gasteiger partial charge in [0.2, 0.25) is 0 Å². The van der Waals surface area contributed by atoms with Crippen molar-refractivity contribution < 1.29 is 0 Å². The fourth-order valence-electron chi connectivity index (χ4n) is 4.18. The van der Waals surface area contributed by atoms with E-state index in [0.29, 0.717) is 0 Å². The zero-order valence-electron chi connectivity index (χ0n) is 18.3. The number of halogens is 1. The van der Waals surface area contributed by atoms with Crippen LogP contribution < -0.4 is 0 Å². The van der Waals surface area contributed by atoms with Gasteiger partial charge in [-0.1, -0.05) is 91.0 Å². The fourth-order valence-corrected chi connectivity index (χ4v) is 5.02. The Morgan fingerprint density at radius 3 is 1.71 bits per heavy atom. The molecule has 0 atom stereocenters. The van der Waals surface area contributed by atoms with Crippen LogP contribution in [0.4, 0.5) is 0 Å². The van der Waals surface area contributed by atoms with Gasteiger partial charge in [0.1, 0.15) is 15.0 Å². The molecule has 6 rings (SSSR count). The number of aromatic nitrogens is 3. The van der Waals surface area contributed by atoms with Crippen molar-refractivity contribution in [2.75, 3.05) is 0 Å². The Morgan fingerprint density at radius 1 is 0.500 bits per heavy atom. The first-order chi connectivity index (χ1) is 16.8. The molecule has 0 aliphatic carbocycles. The number of pyridine rings is 2. The zero-order valence-corrected chi connectivity index (χ0v) is 20.4. The van der Waals surface area contributed by atoms with Crippen LogP contribution in [0.5, 0.6) is 0 Å². The summed E-state index contributed by atoms with van der Waals surface area (Å²) in [5, 5.41) is 0. The molecule has 3 aromatic heterocycles. The van der Waals surface area contributed by atoms with Crippen molar-refractivity contribution >= 4 is 28.2 Å². The molecule has 0 aliphatic rings. The predicted octanol–water partition coefficient (Wildman–Crippen LogP) is 8.00. The Hall–Kier alpha value is -3.77. The fraction of sp³-hybridized carbons (Fsp3) is 0. The maximum atomic E-state index is 5.03. The summed E-state index contributed by atoms with van der Waals surface area (Å²) in [6.45, 7) is 0. The summed E-state index contributed by atoms with van der Waals surface area (Å²) in [4.78, 5) is 9.87. The summed E-state index contributed by atoms with van der Waals surface area (Å²) in [6.07, 6.45) is 2.05. The molecule has 0 radical (unpaired) electrons. The molecule has 0 amide bonds. The monoisotopic (exact) mass is 549 g/mol. The van der Waals surface area contributed by atoms with Gasteiger partial charge in [0.25, 0.3) is 0 Å². The summed E-state index contributed by atoms with van der Waals surface area (Å²) in [7, 11) is 0. The Balaban J connectivity index is 1.44. The Labute approximate surface area is 211 Å². The number of fused-ring (bicyclic) bond motifs is 1. The second-order valence-electron chi connectivity index (χ2n) is 8.12. The maximum absolute atomic E-state index is 5.03. The summed E-state index contributed by atoms with van der Waals surface area (Å²) in [6, 6.07) is 39.8. The summed E-state index contributed by atoms with van der Waals surface area (Å²) < 4.78 is 3.22. The molecule has 4 heteroatoms. The molecule has 162 valence electrons. The van der Waals surface area contributed by atoms with Crippen LogP contribution in [0.2, 0.25) is 0 Å². The SMILES string of the molecule is Ic1c(-c2ccc(-c3cc(-c4ccccc4)cc(-c4ccccc4)n3)cc2)nc2ccccn12. The van der Waals surface area contributed by atoms with Crippen LogP contribution >= 0.6 is 22.6 Å². The Morgan fingerprint density at radius 2 is 1.06 bits per heavy atom. The second kappa shape index (κ2) is 8.88. The van der Waals surface area contributed by atoms with E-state index in [4.69, 9.17) is 9.97 Å². The highest BCUT2D eigenvalue weighted by Gasteiger charge is 2.13. The molecule has 0 fully saturated rings. The zero-order chi connectivity index (χ0) is 22.9. The van der Waals surface area contributed by atoms with Crippen LogP contribution in [-0.2, 0) is 0 Å². The molecular weight excluding hydrogens is 529 g/mol. The average molecular weight is 549 g/mol. The van der Waals surface area contributed by atoms with Gasteiger partial charge in [-0.3, -0.25) is 4.40 Å². The normalized spacial score (nSPS) is 11.1. The second-order valence-corrected chi connectivity index (χ2v) is 9.14. The predicted molar refractivity (Wildman–Crippen MR) is 147 cm³/mol. The minimum Gasteiger partial charge on any atom is -0.294 e. The molecule has 3 aromatic carbocycles. The molecule has 0 saturated heterocycles. The van der Waals surface area contributed by atoms with Crippen molar-refractivity contribution in [2.45, 2.75) is 0 Å². The van der Waals surface area contributed by atoms with Gasteiger partial charge in [-0.05, 0) is 58.0 Å². The van der Waals surface area contributed by atoms with Crippen LogP contribution in [0.25, 0.3) is 50.5 Å². The van der Waals surface area contributed by atoms with Crippen LogP contribution in [0.3, 0.4) is 0 Å². The Bertz CT molecular complexity index is 1530. The van der Waals surface area contributed by atoms with Gasteiger partial charge in [0.05, 0.1) is 11.4 Å². The van der Waals surface area contributed by atoms with E-state index < -0.39 is 0 Å². The standard InChI is InChI=1S/C30H20IN3/c31-30-29(33-28-13-7-8-18-34(28)30)24-16-14-23(15-17-24)27-20-25(21-9-3-1-4-10-21)19-26(32-27)22-11-5-2-6-12-22/h1-20H. The number of nitrogens with zero attached hydrogens (tertiary/aromatic N) is 3. The maximum Gasteiger partial charge on any atom is 0.138 e. The first-order valence-corrected chi connectivity index (χ1v) is 12.2. The lowest BCUT2D eigenvalue weighted by Gasteiger charge is -2.11. The highest BCUT2D eigenvalue weighted by Crippen LogP contribution is 2.32. The molecule has 3 nitrogen and oxygen atoms in total. The molecular formula is C30H20IN3. The highest BCUT2D eigenvalue weighted by molar-refractivity contribution is 14.1. The van der Waals surface area contributed by atoms with E-state index in [1.807, 2.05) is 36.5 Å². The van der Waals surface area contributed by atoms with Gasteiger partial charge in [-0.2, -0.15) is 0 Å². The first-order valence-electron chi connectivity index (χ1n) is 11.1. The first kappa shape index (κ1) is 20.8. The largest absolute Gasteiger partial charge is 0.294 e. The molecule has 0 saturated carbocycles. The number of imidazole rings is 1. The van der Waals surface area contributed by atoms with Crippen LogP contribution in [0.15, 0.2) is 121 Å². The van der Waals surface area contributed by atoms with E-state index in [2.05, 4.69) is 112 Å². The van der Waals surface area contributed by atoms with Crippen LogP contribution in [0, 0.1) is 3.70 Å². The topological polar surface area (TPSA) is 30.2 Å². The van der Waals surface area contributed by atoms with E-state index in [-0.39, 0.29) is 0 Å². The number of hydrogen-bond acceptors (Lipinski definition) is 2. The van der Waals surface area contributed by atoms with Gasteiger partial charge in [0.15, 0.2) is 0 Å². The molecule has 0 bridgehead atoms. The van der Waals surface area contributed by atoms with Crippen molar-refractivity contribution in [3.05, 3.63) is 125 Å². The Kier molecular flexibility index (Phi) is 5.43. The lowest BCUT2D eigenvalue weighted by molar-refractivity contribution is 1.15. The van der Waals surface area contributed by atoms with E-state index in [1.165, 1.54) is 5.56 Å². The molecule has 0 unspecified atom stereocenters. The van der Waals surface area contributed by atoms with Crippen LogP contribution in [-0.4, -0.2) is 14.4 Å². The lowest BCUT2D eigenvalue weighted by Crippen LogP contribution is -1.91. The summed E-state index contributed by atoms with van der Waals surface area (Å²) in [5.41, 5.74) is 9.49. The molecule has 0 aliphatic heterocycles. The lowest BCUT2D eigenvalue weighted by atomic mass is 9.99. The highest BCUT2D eigenvalue weighted by atomic mass is 127.